The van der Waals surface area contributed by atoms with Crippen LogP contribution >= 0.6 is 11.6 Å². The van der Waals surface area contributed by atoms with E-state index in [4.69, 9.17) is 16.7 Å². The molecule has 26 heavy (non-hydrogen) atoms. The zero-order chi connectivity index (χ0) is 18.3. The first-order valence-corrected chi connectivity index (χ1v) is 9.58. The molecule has 0 unspecified atom stereocenters. The number of rotatable bonds is 3. The van der Waals surface area contributed by atoms with Crippen LogP contribution in [-0.4, -0.2) is 18.4 Å². The minimum absolute atomic E-state index is 0.0564. The van der Waals surface area contributed by atoms with Crippen LogP contribution < -0.4 is 10.5 Å². The molecular weight excluding hydrogens is 372 g/mol. The van der Waals surface area contributed by atoms with Crippen molar-refractivity contribution in [3.63, 3.8) is 0 Å². The quantitative estimate of drug-likeness (QED) is 0.523. The van der Waals surface area contributed by atoms with Gasteiger partial charge in [-0.2, -0.15) is 0 Å². The normalized spacial score (nSPS) is 11.8. The van der Waals surface area contributed by atoms with Crippen molar-refractivity contribution < 1.29 is 8.42 Å². The highest BCUT2D eigenvalue weighted by Crippen LogP contribution is 2.33. The van der Waals surface area contributed by atoms with Crippen LogP contribution in [0.1, 0.15) is 0 Å². The van der Waals surface area contributed by atoms with Crippen LogP contribution in [0, 0.1) is 0 Å². The molecule has 0 aliphatic heterocycles. The van der Waals surface area contributed by atoms with Gasteiger partial charge in [0, 0.05) is 27.7 Å². The second kappa shape index (κ2) is 6.21. The fourth-order valence-corrected chi connectivity index (χ4v) is 3.44. The number of nitrogens with zero attached hydrogens (tertiary/aromatic N) is 2. The molecule has 0 saturated carbocycles. The van der Waals surface area contributed by atoms with E-state index < -0.39 is 10.0 Å². The van der Waals surface area contributed by atoms with Crippen LogP contribution in [0.3, 0.4) is 0 Å². The predicted octanol–water partition coefficient (Wildman–Crippen LogP) is 3.83. The van der Waals surface area contributed by atoms with Crippen LogP contribution in [0.5, 0.6) is 0 Å². The van der Waals surface area contributed by atoms with Gasteiger partial charge < -0.3 is 5.32 Å². The number of hydrogen-bond donors (Lipinski definition) is 2. The molecule has 0 atom stereocenters. The van der Waals surface area contributed by atoms with Crippen molar-refractivity contribution in [2.45, 2.75) is 4.90 Å². The summed E-state index contributed by atoms with van der Waals surface area (Å²) in [5.74, 6) is 0. The molecule has 0 radical (unpaired) electrons. The van der Waals surface area contributed by atoms with Crippen molar-refractivity contribution in [1.29, 1.82) is 0 Å². The van der Waals surface area contributed by atoms with E-state index in [-0.39, 0.29) is 4.90 Å². The highest BCUT2D eigenvalue weighted by molar-refractivity contribution is 7.89. The van der Waals surface area contributed by atoms with Crippen molar-refractivity contribution in [1.82, 2.24) is 9.97 Å². The van der Waals surface area contributed by atoms with Crippen LogP contribution in [0.2, 0.25) is 5.02 Å². The maximum Gasteiger partial charge on any atom is 0.238 e. The van der Waals surface area contributed by atoms with E-state index in [0.29, 0.717) is 21.9 Å². The number of fused-ring (bicyclic) bond motifs is 2. The smallest absolute Gasteiger partial charge is 0.238 e. The van der Waals surface area contributed by atoms with Gasteiger partial charge in [-0.05, 0) is 54.6 Å². The van der Waals surface area contributed by atoms with Crippen molar-refractivity contribution >= 4 is 54.9 Å². The highest BCUT2D eigenvalue weighted by Gasteiger charge is 2.12. The molecule has 4 rings (SSSR count). The monoisotopic (exact) mass is 384 g/mol. The molecule has 0 saturated heterocycles. The number of aromatic nitrogens is 2. The first kappa shape index (κ1) is 16.7. The van der Waals surface area contributed by atoms with Crippen molar-refractivity contribution in [2.24, 2.45) is 5.14 Å². The SMILES string of the molecule is NS(=O)(=O)c1ccc(Nc2c3ccc(Cl)cc3nc3ncccc23)cc1. The summed E-state index contributed by atoms with van der Waals surface area (Å²) in [5.41, 5.74) is 2.83. The lowest BCUT2D eigenvalue weighted by molar-refractivity contribution is 0.598. The number of hydrogen-bond acceptors (Lipinski definition) is 5. The zero-order valence-corrected chi connectivity index (χ0v) is 14.9. The standard InChI is InChI=1S/C18H13ClN4O2S/c19-11-3-8-14-16(10-11)23-18-15(2-1-9-21-18)17(14)22-12-4-6-13(7-5-12)26(20,24)25/h1-10H,(H2,20,24,25)(H,21,22,23). The Balaban J connectivity index is 1.89. The van der Waals surface area contributed by atoms with Gasteiger partial charge in [0.1, 0.15) is 0 Å². The maximum absolute atomic E-state index is 11.4. The number of nitrogens with two attached hydrogens (primary N) is 1. The second-order valence-corrected chi connectivity index (χ2v) is 7.72. The third-order valence-electron chi connectivity index (χ3n) is 3.96. The molecule has 4 aromatic rings. The Morgan fingerprint density at radius 1 is 1.00 bits per heavy atom. The Labute approximate surface area is 154 Å². The Bertz CT molecular complexity index is 1240. The number of halogens is 1. The van der Waals surface area contributed by atoms with Gasteiger partial charge in [0.15, 0.2) is 5.65 Å². The average Bonchev–Trinajstić information content (AvgIpc) is 2.61. The Kier molecular flexibility index (Phi) is 3.99. The fraction of sp³-hybridized carbons (Fsp3) is 0. The van der Waals surface area contributed by atoms with E-state index in [0.717, 1.165) is 16.5 Å². The van der Waals surface area contributed by atoms with Gasteiger partial charge >= 0.3 is 0 Å². The summed E-state index contributed by atoms with van der Waals surface area (Å²) in [7, 11) is -3.73. The molecule has 6 nitrogen and oxygen atoms in total. The van der Waals surface area contributed by atoms with Crippen LogP contribution in [0.25, 0.3) is 21.9 Å². The Morgan fingerprint density at radius 3 is 2.50 bits per heavy atom. The van der Waals surface area contributed by atoms with Crippen LogP contribution in [0.15, 0.2) is 65.7 Å². The topological polar surface area (TPSA) is 98.0 Å². The molecule has 3 N–H and O–H groups in total. The summed E-state index contributed by atoms with van der Waals surface area (Å²) in [6.45, 7) is 0. The molecule has 0 aliphatic carbocycles. The molecule has 0 bridgehead atoms. The highest BCUT2D eigenvalue weighted by atomic mass is 35.5. The first-order chi connectivity index (χ1) is 12.4. The summed E-state index contributed by atoms with van der Waals surface area (Å²) in [6, 6.07) is 15.4. The Morgan fingerprint density at radius 2 is 1.77 bits per heavy atom. The summed E-state index contributed by atoms with van der Waals surface area (Å²) >= 11 is 6.09. The Hall–Kier alpha value is -2.74. The van der Waals surface area contributed by atoms with E-state index in [9.17, 15) is 8.42 Å². The molecular formula is C18H13ClN4O2S. The lowest BCUT2D eigenvalue weighted by atomic mass is 10.1. The van der Waals surface area contributed by atoms with Gasteiger partial charge in [-0.1, -0.05) is 11.6 Å². The molecule has 8 heteroatoms. The zero-order valence-electron chi connectivity index (χ0n) is 13.3. The summed E-state index contributed by atoms with van der Waals surface area (Å²) in [4.78, 5) is 8.93. The maximum atomic E-state index is 11.4. The second-order valence-electron chi connectivity index (χ2n) is 5.72. The van der Waals surface area contributed by atoms with Gasteiger partial charge in [0.2, 0.25) is 10.0 Å². The fourth-order valence-electron chi connectivity index (χ4n) is 2.76. The largest absolute Gasteiger partial charge is 0.354 e. The molecule has 0 fully saturated rings. The first-order valence-electron chi connectivity index (χ1n) is 7.66. The van der Waals surface area contributed by atoms with Gasteiger partial charge in [-0.3, -0.25) is 0 Å². The van der Waals surface area contributed by atoms with Crippen molar-refractivity contribution in [3.8, 4) is 0 Å². The molecule has 2 aromatic carbocycles. The number of primary sulfonamides is 1. The molecule has 0 amide bonds. The number of pyridine rings is 2. The van der Waals surface area contributed by atoms with Crippen molar-refractivity contribution in [2.75, 3.05) is 5.32 Å². The third-order valence-corrected chi connectivity index (χ3v) is 5.13. The summed E-state index contributed by atoms with van der Waals surface area (Å²) in [5, 5.41) is 10.8. The molecule has 2 aromatic heterocycles. The third kappa shape index (κ3) is 3.08. The van der Waals surface area contributed by atoms with Gasteiger partial charge in [0.05, 0.1) is 16.1 Å². The van der Waals surface area contributed by atoms with E-state index in [1.165, 1.54) is 12.1 Å². The average molecular weight is 385 g/mol. The summed E-state index contributed by atoms with van der Waals surface area (Å²) < 4.78 is 22.8. The number of benzene rings is 2. The van der Waals surface area contributed by atoms with Gasteiger partial charge in [-0.25, -0.2) is 23.5 Å². The van der Waals surface area contributed by atoms with E-state index in [1.54, 1.807) is 30.5 Å². The number of anilines is 2. The molecule has 130 valence electrons. The van der Waals surface area contributed by atoms with Gasteiger partial charge in [0.25, 0.3) is 0 Å². The predicted molar refractivity (Wildman–Crippen MR) is 103 cm³/mol. The molecule has 0 spiro atoms. The lowest BCUT2D eigenvalue weighted by Crippen LogP contribution is -2.11. The van der Waals surface area contributed by atoms with E-state index >= 15 is 0 Å². The number of nitrogens with one attached hydrogen (secondary N) is 1. The number of sulfonamides is 1. The van der Waals surface area contributed by atoms with E-state index in [1.807, 2.05) is 18.2 Å². The van der Waals surface area contributed by atoms with E-state index in [2.05, 4.69) is 15.3 Å². The molecule has 0 aliphatic rings. The van der Waals surface area contributed by atoms with Crippen molar-refractivity contribution in [3.05, 3.63) is 65.8 Å². The van der Waals surface area contributed by atoms with Crippen LogP contribution in [0.4, 0.5) is 11.4 Å². The minimum Gasteiger partial charge on any atom is -0.354 e. The summed E-state index contributed by atoms with van der Waals surface area (Å²) in [6.07, 6.45) is 1.68. The lowest BCUT2D eigenvalue weighted by Gasteiger charge is -2.13. The minimum atomic E-state index is -3.73. The molecule has 2 heterocycles. The van der Waals surface area contributed by atoms with Gasteiger partial charge in [-0.15, -0.1) is 0 Å². The van der Waals surface area contributed by atoms with Crippen LogP contribution in [-0.2, 0) is 10.0 Å².